The number of para-hydroxylation sites is 9. The summed E-state index contributed by atoms with van der Waals surface area (Å²) in [4.78, 5) is 6.89. The topological polar surface area (TPSA) is 88.6 Å². The molecule has 0 fully saturated rings. The maximum absolute atomic E-state index is 7.16. The van der Waals surface area contributed by atoms with Gasteiger partial charge in [0.2, 0.25) is 0 Å². The molecule has 0 aliphatic rings. The zero-order chi connectivity index (χ0) is 96.7. The van der Waals surface area contributed by atoms with Gasteiger partial charge in [0.05, 0.1) is 34.1 Å². The van der Waals surface area contributed by atoms with Crippen LogP contribution in [-0.2, 0) is 0 Å². The van der Waals surface area contributed by atoms with Gasteiger partial charge in [0.25, 0.3) is 0 Å². The fraction of sp³-hybridized carbons (Fsp3) is 0. The van der Waals surface area contributed by atoms with Crippen molar-refractivity contribution < 1.29 is 26.5 Å². The van der Waals surface area contributed by atoms with Crippen molar-refractivity contribution in [3.8, 4) is 44.5 Å². The Morgan fingerprint density at radius 3 is 0.673 bits per heavy atom. The normalized spacial score (nSPS) is 11.8. The van der Waals surface area contributed by atoms with Crippen molar-refractivity contribution in [2.24, 2.45) is 0 Å². The summed E-state index contributed by atoms with van der Waals surface area (Å²) in [5.74, 6) is 0. The van der Waals surface area contributed by atoms with Crippen molar-refractivity contribution in [1.82, 2.24) is 0 Å². The van der Waals surface area contributed by atoms with E-state index in [1.807, 2.05) is 6.07 Å². The van der Waals surface area contributed by atoms with Gasteiger partial charge in [0.15, 0.2) is 33.5 Å². The van der Waals surface area contributed by atoms with Gasteiger partial charge in [-0.2, -0.15) is 0 Å². The molecule has 147 heavy (non-hydrogen) atoms. The van der Waals surface area contributed by atoms with E-state index in [9.17, 15) is 0 Å². The standard InChI is InChI=1S/2C50H31NO2.C38H23NO2/c1-4-16-32(17-5-1)41-30-34-20-10-12-24-37(34)45-39-26-14-28-43(47(39)52-49(41)45)51(36-22-8-3-9-23-36)44-29-15-27-40-46-38-25-13-11-21-35(38)31-42(50(46)53-48(40)44)33-18-6-2-7-19-33;1-4-16-32(17-5-1)39-26-14-28-41-45-37-24-12-10-20-34(37)30-43(49(45)52-47(39)41)51(36-22-8-3-9-23-36)44-31-35-21-11-13-25-38(35)46-42-29-15-27-40(48(42)53-50(44)46)33-18-6-2-7-19-33;1-2-12-26(13-3-1)39(31-18-8-16-29-35-27-14-6-4-10-24(27)20-22-33(35)40-37(29)31)32-19-9-17-30-36-28-15-7-5-11-25(28)21-23-34(36)41-38(30)32/h2*1-31H;1-23H. The Labute approximate surface area is 842 Å². The SMILES string of the molecule is c1ccc(-c2cc3ccccc3c3c2oc2c(N(c4ccccc4)c4cccc5c4oc4c(-c6ccccc6)cc6ccccc6c45)cccc23)cc1.c1ccc(-c2cccc3c2oc2c(N(c4ccccc4)c4cc5ccccc5c5c4oc4c(-c6ccccc6)cccc45)cc4ccccc4c23)cc1.c1ccc(N(c2cccc3c2oc2ccc4ccccc4c23)c2cccc3c2oc2ccc4ccccc4c23)cc1. The largest absolute Gasteiger partial charge is 0.454 e. The molecule has 6 aromatic heterocycles. The van der Waals surface area contributed by atoms with Crippen LogP contribution in [0, 0.1) is 0 Å². The summed E-state index contributed by atoms with van der Waals surface area (Å²) in [6.45, 7) is 0. The maximum Gasteiger partial charge on any atom is 0.160 e. The van der Waals surface area contributed by atoms with Crippen LogP contribution in [0.25, 0.3) is 241 Å². The number of hydrogen-bond donors (Lipinski definition) is 0. The predicted octanol–water partition coefficient (Wildman–Crippen LogP) is 40.5. The first-order chi connectivity index (χ1) is 73.0. The van der Waals surface area contributed by atoms with Gasteiger partial charge in [-0.05, 0) is 184 Å². The Kier molecular flexibility index (Phi) is 19.8. The number of anilines is 9. The monoisotopic (exact) mass is 1880 g/mol. The lowest BCUT2D eigenvalue weighted by Crippen LogP contribution is -2.10. The molecule has 0 N–H and O–H groups in total. The first-order valence-electron chi connectivity index (χ1n) is 49.9. The van der Waals surface area contributed by atoms with Crippen LogP contribution in [0.3, 0.4) is 0 Å². The van der Waals surface area contributed by atoms with Crippen LogP contribution in [0.5, 0.6) is 0 Å². The summed E-state index contributed by atoms with van der Waals surface area (Å²) in [7, 11) is 0. The summed E-state index contributed by atoms with van der Waals surface area (Å²) in [5.41, 5.74) is 27.8. The Morgan fingerprint density at radius 1 is 0.122 bits per heavy atom. The lowest BCUT2D eigenvalue weighted by atomic mass is 9.96. The molecule has 6 heterocycles. The summed E-state index contributed by atoms with van der Waals surface area (Å²) in [5, 5.41) is 27.3. The Hall–Kier alpha value is -19.7. The Balaban J connectivity index is 0.000000105. The van der Waals surface area contributed by atoms with Crippen LogP contribution in [0.4, 0.5) is 51.2 Å². The number of nitrogens with zero attached hydrogens (tertiary/aromatic N) is 3. The molecule has 0 aliphatic carbocycles. The van der Waals surface area contributed by atoms with E-state index in [2.05, 4.69) is 524 Å². The number of benzene rings is 25. The molecule has 9 heteroatoms. The van der Waals surface area contributed by atoms with E-state index in [0.717, 1.165) is 249 Å². The molecule has 0 radical (unpaired) electrons. The maximum atomic E-state index is 7.16. The van der Waals surface area contributed by atoms with Gasteiger partial charge < -0.3 is 41.2 Å². The third-order valence-electron chi connectivity index (χ3n) is 29.4. The molecule has 31 aromatic rings. The highest BCUT2D eigenvalue weighted by molar-refractivity contribution is 6.31. The van der Waals surface area contributed by atoms with Gasteiger partial charge in [-0.3, -0.25) is 0 Å². The average molecular weight is 1880 g/mol. The Morgan fingerprint density at radius 2 is 0.347 bits per heavy atom. The number of furan rings is 6. The van der Waals surface area contributed by atoms with E-state index in [-0.39, 0.29) is 0 Å². The van der Waals surface area contributed by atoms with E-state index in [4.69, 9.17) is 26.5 Å². The van der Waals surface area contributed by atoms with Gasteiger partial charge in [0.1, 0.15) is 33.5 Å². The van der Waals surface area contributed by atoms with Crippen molar-refractivity contribution in [2.75, 3.05) is 14.7 Å². The highest BCUT2D eigenvalue weighted by Crippen LogP contribution is 2.56. The van der Waals surface area contributed by atoms with Crippen LogP contribution in [0.15, 0.2) is 542 Å². The fourth-order valence-electron chi connectivity index (χ4n) is 23.0. The second kappa shape index (κ2) is 34.6. The second-order valence-electron chi connectivity index (χ2n) is 37.7. The first kappa shape index (κ1) is 84.2. The van der Waals surface area contributed by atoms with Gasteiger partial charge >= 0.3 is 0 Å². The molecule has 0 saturated carbocycles. The van der Waals surface area contributed by atoms with Crippen LogP contribution in [-0.4, -0.2) is 0 Å². The van der Waals surface area contributed by atoms with Crippen LogP contribution >= 0.6 is 0 Å². The summed E-state index contributed by atoms with van der Waals surface area (Å²) < 4.78 is 41.9. The molecular formula is C138H85N3O6. The highest BCUT2D eigenvalue weighted by Gasteiger charge is 2.32. The molecule has 0 aliphatic heterocycles. The van der Waals surface area contributed by atoms with E-state index >= 15 is 0 Å². The second-order valence-corrected chi connectivity index (χ2v) is 37.7. The number of hydrogen-bond acceptors (Lipinski definition) is 9. The van der Waals surface area contributed by atoms with E-state index in [0.29, 0.717) is 0 Å². The fourth-order valence-corrected chi connectivity index (χ4v) is 23.0. The zero-order valence-corrected chi connectivity index (χ0v) is 79.4. The quantitative estimate of drug-likeness (QED) is 0.112. The molecule has 9 nitrogen and oxygen atoms in total. The molecule has 0 bridgehead atoms. The lowest BCUT2D eigenvalue weighted by molar-refractivity contribution is 0.666. The molecule has 688 valence electrons. The molecule has 0 atom stereocenters. The zero-order valence-electron chi connectivity index (χ0n) is 79.4. The number of fused-ring (bicyclic) bond motifs is 30. The molecule has 31 rings (SSSR count). The van der Waals surface area contributed by atoms with Crippen molar-refractivity contribution in [1.29, 1.82) is 0 Å². The van der Waals surface area contributed by atoms with Crippen LogP contribution < -0.4 is 14.7 Å². The molecule has 0 amide bonds. The van der Waals surface area contributed by atoms with Crippen molar-refractivity contribution >= 4 is 247 Å². The van der Waals surface area contributed by atoms with Crippen molar-refractivity contribution in [3.63, 3.8) is 0 Å². The third-order valence-corrected chi connectivity index (χ3v) is 29.4. The van der Waals surface area contributed by atoms with Crippen LogP contribution in [0.2, 0.25) is 0 Å². The van der Waals surface area contributed by atoms with Gasteiger partial charge in [0, 0.05) is 104 Å². The smallest absolute Gasteiger partial charge is 0.160 e. The molecule has 0 spiro atoms. The van der Waals surface area contributed by atoms with E-state index in [1.54, 1.807) is 0 Å². The third kappa shape index (κ3) is 13.8. The average Bonchev–Trinajstić information content (AvgIpc) is 1.58. The molecule has 0 saturated heterocycles. The highest BCUT2D eigenvalue weighted by atomic mass is 16.4. The van der Waals surface area contributed by atoms with E-state index in [1.165, 1.54) is 43.1 Å². The summed E-state index contributed by atoms with van der Waals surface area (Å²) in [6.07, 6.45) is 0. The van der Waals surface area contributed by atoms with Gasteiger partial charge in [-0.15, -0.1) is 0 Å². The lowest BCUT2D eigenvalue weighted by Gasteiger charge is -2.26. The predicted molar refractivity (Wildman–Crippen MR) is 614 cm³/mol. The minimum absolute atomic E-state index is 0.823. The molecule has 0 unspecified atom stereocenters. The molecular weight excluding hydrogens is 1800 g/mol. The summed E-state index contributed by atoms with van der Waals surface area (Å²) in [6, 6.07) is 181. The summed E-state index contributed by atoms with van der Waals surface area (Å²) >= 11 is 0. The van der Waals surface area contributed by atoms with Gasteiger partial charge in [-0.1, -0.05) is 419 Å². The first-order valence-corrected chi connectivity index (χ1v) is 49.9. The van der Waals surface area contributed by atoms with E-state index < -0.39 is 0 Å². The van der Waals surface area contributed by atoms with Crippen molar-refractivity contribution in [2.45, 2.75) is 0 Å². The minimum atomic E-state index is 0.823. The Bertz CT molecular complexity index is 10100. The molecule has 25 aromatic carbocycles. The van der Waals surface area contributed by atoms with Gasteiger partial charge in [-0.25, -0.2) is 0 Å². The number of rotatable bonds is 13. The minimum Gasteiger partial charge on any atom is -0.454 e. The van der Waals surface area contributed by atoms with Crippen LogP contribution in [0.1, 0.15) is 0 Å². The van der Waals surface area contributed by atoms with Crippen molar-refractivity contribution in [3.05, 3.63) is 516 Å².